The van der Waals surface area contributed by atoms with Crippen LogP contribution in [-0.4, -0.2) is 9.78 Å². The molecule has 100 valence electrons. The Morgan fingerprint density at radius 3 is 3.11 bits per heavy atom. The molecule has 0 saturated carbocycles. The number of thiophene rings is 1. The van der Waals surface area contributed by atoms with Crippen LogP contribution in [0.4, 0.5) is 5.69 Å². The van der Waals surface area contributed by atoms with E-state index in [1.165, 1.54) is 9.56 Å². The van der Waals surface area contributed by atoms with Gasteiger partial charge in [-0.15, -0.1) is 17.9 Å². The third kappa shape index (κ3) is 3.05. The molecule has 0 fully saturated rings. The Hall–Kier alpha value is -1.59. The largest absolute Gasteiger partial charge is 0.375 e. The molecule has 0 bridgehead atoms. The van der Waals surface area contributed by atoms with E-state index in [0.29, 0.717) is 12.2 Å². The van der Waals surface area contributed by atoms with Crippen LogP contribution in [0.15, 0.2) is 41.2 Å². The van der Waals surface area contributed by atoms with Gasteiger partial charge >= 0.3 is 0 Å². The molecule has 2 aromatic heterocycles. The summed E-state index contributed by atoms with van der Waals surface area (Å²) in [7, 11) is 0. The average molecular weight is 296 g/mol. The first-order chi connectivity index (χ1) is 9.13. The first kappa shape index (κ1) is 13.8. The number of allylic oxidation sites excluding steroid dienone is 1. The number of nitrogens with zero attached hydrogens (tertiary/aromatic N) is 2. The number of aromatic nitrogens is 2. The highest BCUT2D eigenvalue weighted by Gasteiger charge is 2.12. The lowest BCUT2D eigenvalue weighted by molar-refractivity contribution is 0.652. The molecular weight excluding hydrogens is 282 g/mol. The SMILES string of the molecule is C=CCn1ncc(NC(C)c2cccs2)c(Cl)c1=O. The fourth-order valence-corrected chi connectivity index (χ4v) is 2.60. The van der Waals surface area contributed by atoms with Crippen LogP contribution in [0.2, 0.25) is 5.02 Å². The van der Waals surface area contributed by atoms with E-state index in [4.69, 9.17) is 11.6 Å². The van der Waals surface area contributed by atoms with Crippen molar-refractivity contribution in [2.24, 2.45) is 0 Å². The second-order valence-corrected chi connectivity index (χ2v) is 5.39. The van der Waals surface area contributed by atoms with Crippen LogP contribution in [0.3, 0.4) is 0 Å². The number of hydrogen-bond donors (Lipinski definition) is 1. The van der Waals surface area contributed by atoms with E-state index in [1.54, 1.807) is 23.6 Å². The van der Waals surface area contributed by atoms with Crippen LogP contribution in [-0.2, 0) is 6.54 Å². The maximum Gasteiger partial charge on any atom is 0.287 e. The molecule has 0 aliphatic heterocycles. The van der Waals surface area contributed by atoms with E-state index in [0.717, 1.165) is 0 Å². The molecule has 2 rings (SSSR count). The summed E-state index contributed by atoms with van der Waals surface area (Å²) in [6.07, 6.45) is 3.17. The van der Waals surface area contributed by atoms with Gasteiger partial charge in [0, 0.05) is 4.88 Å². The molecule has 0 aliphatic rings. The Bertz CT molecular complexity index is 621. The molecule has 1 unspecified atom stereocenters. The van der Waals surface area contributed by atoms with Gasteiger partial charge in [0.25, 0.3) is 5.56 Å². The van der Waals surface area contributed by atoms with Crippen molar-refractivity contribution in [1.82, 2.24) is 9.78 Å². The number of nitrogens with one attached hydrogen (secondary N) is 1. The molecule has 2 aromatic rings. The van der Waals surface area contributed by atoms with Gasteiger partial charge in [0.05, 0.1) is 24.5 Å². The van der Waals surface area contributed by atoms with Gasteiger partial charge in [-0.25, -0.2) is 4.68 Å². The van der Waals surface area contributed by atoms with Gasteiger partial charge in [-0.05, 0) is 18.4 Å². The smallest absolute Gasteiger partial charge is 0.287 e. The summed E-state index contributed by atoms with van der Waals surface area (Å²) in [4.78, 5) is 13.1. The molecule has 0 aliphatic carbocycles. The van der Waals surface area contributed by atoms with E-state index in [2.05, 4.69) is 17.0 Å². The zero-order valence-electron chi connectivity index (χ0n) is 10.5. The minimum absolute atomic E-state index is 0.0777. The van der Waals surface area contributed by atoms with Crippen LogP contribution in [0.5, 0.6) is 0 Å². The molecular formula is C13H14ClN3OS. The quantitative estimate of drug-likeness (QED) is 0.861. The van der Waals surface area contributed by atoms with Crippen molar-refractivity contribution >= 4 is 28.6 Å². The molecule has 0 radical (unpaired) electrons. The summed E-state index contributed by atoms with van der Waals surface area (Å²) in [5.74, 6) is 0. The highest BCUT2D eigenvalue weighted by atomic mass is 35.5. The zero-order chi connectivity index (χ0) is 13.8. The van der Waals surface area contributed by atoms with Crippen molar-refractivity contribution in [2.45, 2.75) is 19.5 Å². The van der Waals surface area contributed by atoms with Crippen molar-refractivity contribution < 1.29 is 0 Å². The van der Waals surface area contributed by atoms with Gasteiger partial charge in [0.15, 0.2) is 0 Å². The van der Waals surface area contributed by atoms with Crippen LogP contribution < -0.4 is 10.9 Å². The van der Waals surface area contributed by atoms with Crippen LogP contribution in [0, 0.1) is 0 Å². The topological polar surface area (TPSA) is 46.9 Å². The van der Waals surface area contributed by atoms with E-state index < -0.39 is 0 Å². The monoisotopic (exact) mass is 295 g/mol. The Morgan fingerprint density at radius 1 is 1.68 bits per heavy atom. The number of halogens is 1. The van der Waals surface area contributed by atoms with Gasteiger partial charge in [-0.3, -0.25) is 4.79 Å². The number of rotatable bonds is 5. The van der Waals surface area contributed by atoms with E-state index in [1.807, 2.05) is 24.4 Å². The molecule has 0 aromatic carbocycles. The minimum atomic E-state index is -0.315. The van der Waals surface area contributed by atoms with Gasteiger partial charge in [-0.1, -0.05) is 23.7 Å². The fourth-order valence-electron chi connectivity index (χ4n) is 1.66. The van der Waals surface area contributed by atoms with Crippen molar-refractivity contribution in [3.8, 4) is 0 Å². The predicted octanol–water partition coefficient (Wildman–Crippen LogP) is 3.32. The maximum absolute atomic E-state index is 11.9. The van der Waals surface area contributed by atoms with Crippen molar-refractivity contribution in [2.75, 3.05) is 5.32 Å². The first-order valence-electron chi connectivity index (χ1n) is 5.80. The molecule has 1 atom stereocenters. The van der Waals surface area contributed by atoms with E-state index in [-0.39, 0.29) is 16.6 Å². The predicted molar refractivity (Wildman–Crippen MR) is 80.1 cm³/mol. The van der Waals surface area contributed by atoms with Crippen molar-refractivity contribution in [3.63, 3.8) is 0 Å². The molecule has 19 heavy (non-hydrogen) atoms. The number of anilines is 1. The summed E-state index contributed by atoms with van der Waals surface area (Å²) in [5, 5.41) is 9.41. The zero-order valence-corrected chi connectivity index (χ0v) is 12.0. The Morgan fingerprint density at radius 2 is 2.47 bits per heavy atom. The first-order valence-corrected chi connectivity index (χ1v) is 7.05. The average Bonchev–Trinajstić information content (AvgIpc) is 2.92. The molecule has 6 heteroatoms. The summed E-state index contributed by atoms with van der Waals surface area (Å²) in [6.45, 7) is 5.93. The second-order valence-electron chi connectivity index (χ2n) is 4.03. The van der Waals surface area contributed by atoms with Crippen LogP contribution >= 0.6 is 22.9 Å². The molecule has 4 nitrogen and oxygen atoms in total. The highest BCUT2D eigenvalue weighted by molar-refractivity contribution is 7.10. The molecule has 2 heterocycles. The standard InChI is InChI=1S/C13H14ClN3OS/c1-3-6-17-13(18)12(14)10(8-15-17)16-9(2)11-5-4-7-19-11/h3-5,7-9,16H,1,6H2,2H3. The van der Waals surface area contributed by atoms with Crippen LogP contribution in [0.1, 0.15) is 17.8 Å². The highest BCUT2D eigenvalue weighted by Crippen LogP contribution is 2.25. The lowest BCUT2D eigenvalue weighted by atomic mass is 10.2. The maximum atomic E-state index is 11.9. The lowest BCUT2D eigenvalue weighted by Crippen LogP contribution is -2.24. The van der Waals surface area contributed by atoms with Gasteiger partial charge in [0.1, 0.15) is 5.02 Å². The summed E-state index contributed by atoms with van der Waals surface area (Å²) in [5.41, 5.74) is 0.234. The Kier molecular flexibility index (Phi) is 4.39. The normalized spacial score (nSPS) is 12.1. The molecule has 0 amide bonds. The molecule has 1 N–H and O–H groups in total. The Balaban J connectivity index is 2.24. The minimum Gasteiger partial charge on any atom is -0.375 e. The number of hydrogen-bond acceptors (Lipinski definition) is 4. The third-order valence-electron chi connectivity index (χ3n) is 2.63. The lowest BCUT2D eigenvalue weighted by Gasteiger charge is -2.14. The van der Waals surface area contributed by atoms with Gasteiger partial charge < -0.3 is 5.32 Å². The van der Waals surface area contributed by atoms with E-state index in [9.17, 15) is 4.79 Å². The molecule has 0 saturated heterocycles. The van der Waals surface area contributed by atoms with Crippen LogP contribution in [0.25, 0.3) is 0 Å². The second kappa shape index (κ2) is 6.04. The summed E-state index contributed by atoms with van der Waals surface area (Å²) >= 11 is 7.72. The summed E-state index contributed by atoms with van der Waals surface area (Å²) in [6, 6.07) is 4.09. The van der Waals surface area contributed by atoms with Crippen molar-refractivity contribution in [1.29, 1.82) is 0 Å². The van der Waals surface area contributed by atoms with E-state index >= 15 is 0 Å². The molecule has 0 spiro atoms. The third-order valence-corrected chi connectivity index (χ3v) is 4.05. The fraction of sp³-hybridized carbons (Fsp3) is 0.231. The Labute approximate surface area is 120 Å². The summed E-state index contributed by atoms with van der Waals surface area (Å²) < 4.78 is 1.27. The van der Waals surface area contributed by atoms with Gasteiger partial charge in [-0.2, -0.15) is 5.10 Å². The van der Waals surface area contributed by atoms with Crippen molar-refractivity contribution in [3.05, 3.63) is 56.6 Å². The van der Waals surface area contributed by atoms with Gasteiger partial charge in [0.2, 0.25) is 0 Å².